The number of aliphatic imine (C=N–C) groups is 1. The maximum atomic E-state index is 13.4. The van der Waals surface area contributed by atoms with Crippen LogP contribution in [-0.4, -0.2) is 32.3 Å². The summed E-state index contributed by atoms with van der Waals surface area (Å²) >= 11 is 0. The van der Waals surface area contributed by atoms with Crippen molar-refractivity contribution in [2.45, 2.75) is 45.6 Å². The molecular weight excluding hydrogens is 369 g/mol. The Morgan fingerprint density at radius 1 is 1.07 bits per heavy atom. The summed E-state index contributed by atoms with van der Waals surface area (Å²) in [6.07, 6.45) is 2.23. The van der Waals surface area contributed by atoms with Crippen LogP contribution in [0.4, 0.5) is 4.39 Å². The number of rotatable bonds is 7. The van der Waals surface area contributed by atoms with Crippen molar-refractivity contribution in [2.24, 2.45) is 4.99 Å². The topological polar surface area (TPSA) is 54.9 Å². The van der Waals surface area contributed by atoms with Gasteiger partial charge in [0.1, 0.15) is 5.82 Å². The molecule has 1 fully saturated rings. The average molecular weight is 400 g/mol. The minimum Gasteiger partial charge on any atom is -0.381 e. The lowest BCUT2D eigenvalue weighted by Crippen LogP contribution is -2.36. The van der Waals surface area contributed by atoms with E-state index in [0.717, 1.165) is 31.6 Å². The Morgan fingerprint density at radius 3 is 2.45 bits per heavy atom. The second kappa shape index (κ2) is 10.9. The predicted molar refractivity (Wildman–Crippen MR) is 113 cm³/mol. The molecule has 0 radical (unpaired) electrons. The number of ether oxygens (including phenoxy) is 2. The van der Waals surface area contributed by atoms with E-state index in [2.05, 4.69) is 39.9 Å². The first-order valence-electron chi connectivity index (χ1n) is 10.1. The van der Waals surface area contributed by atoms with E-state index in [9.17, 15) is 4.39 Å². The van der Waals surface area contributed by atoms with Crippen LogP contribution in [0.25, 0.3) is 0 Å². The van der Waals surface area contributed by atoms with E-state index in [0.29, 0.717) is 37.3 Å². The molecule has 1 aliphatic rings. The molecule has 0 aromatic heterocycles. The van der Waals surface area contributed by atoms with Gasteiger partial charge in [-0.25, -0.2) is 4.39 Å². The molecule has 2 N–H and O–H groups in total. The van der Waals surface area contributed by atoms with Crippen LogP contribution in [0.15, 0.2) is 47.5 Å². The Kier molecular flexibility index (Phi) is 8.02. The highest BCUT2D eigenvalue weighted by Gasteiger charge is 2.14. The van der Waals surface area contributed by atoms with Crippen molar-refractivity contribution in [3.8, 4) is 0 Å². The van der Waals surface area contributed by atoms with E-state index in [4.69, 9.17) is 9.47 Å². The van der Waals surface area contributed by atoms with Gasteiger partial charge >= 0.3 is 0 Å². The highest BCUT2D eigenvalue weighted by molar-refractivity contribution is 5.79. The van der Waals surface area contributed by atoms with Crippen molar-refractivity contribution in [3.63, 3.8) is 0 Å². The first kappa shape index (κ1) is 21.3. The van der Waals surface area contributed by atoms with Crippen molar-refractivity contribution >= 4 is 5.96 Å². The molecule has 2 aromatic carbocycles. The van der Waals surface area contributed by atoms with Crippen LogP contribution in [0.5, 0.6) is 0 Å². The van der Waals surface area contributed by atoms with Crippen LogP contribution in [0, 0.1) is 12.7 Å². The molecule has 29 heavy (non-hydrogen) atoms. The summed E-state index contributed by atoms with van der Waals surface area (Å²) in [6.45, 7) is 5.21. The molecule has 0 aliphatic carbocycles. The van der Waals surface area contributed by atoms with Crippen molar-refractivity contribution in [1.29, 1.82) is 0 Å². The van der Waals surface area contributed by atoms with Gasteiger partial charge < -0.3 is 20.1 Å². The minimum absolute atomic E-state index is 0.183. The summed E-state index contributed by atoms with van der Waals surface area (Å²) < 4.78 is 24.8. The molecule has 0 amide bonds. The molecule has 2 aromatic rings. The Morgan fingerprint density at radius 2 is 1.76 bits per heavy atom. The number of halogens is 1. The van der Waals surface area contributed by atoms with E-state index < -0.39 is 0 Å². The van der Waals surface area contributed by atoms with Crippen LogP contribution >= 0.6 is 0 Å². The van der Waals surface area contributed by atoms with Gasteiger partial charge in [-0.2, -0.15) is 0 Å². The first-order chi connectivity index (χ1) is 14.1. The summed E-state index contributed by atoms with van der Waals surface area (Å²) in [4.78, 5) is 4.26. The number of nitrogens with zero attached hydrogens (tertiary/aromatic N) is 1. The van der Waals surface area contributed by atoms with Crippen LogP contribution in [-0.2, 0) is 29.2 Å². The second-order valence-corrected chi connectivity index (χ2v) is 7.31. The molecule has 1 heterocycles. The number of guanidine groups is 1. The predicted octanol–water partition coefficient (Wildman–Crippen LogP) is 3.69. The van der Waals surface area contributed by atoms with Crippen LogP contribution in [0.2, 0.25) is 0 Å². The Balaban J connectivity index is 1.46. The van der Waals surface area contributed by atoms with E-state index in [1.54, 1.807) is 20.0 Å². The quantitative estimate of drug-likeness (QED) is 0.551. The zero-order chi connectivity index (χ0) is 20.5. The van der Waals surface area contributed by atoms with Crippen molar-refractivity contribution < 1.29 is 13.9 Å². The van der Waals surface area contributed by atoms with Gasteiger partial charge in [0.25, 0.3) is 0 Å². The van der Waals surface area contributed by atoms with Crippen LogP contribution in [0.1, 0.15) is 35.1 Å². The fraction of sp³-hybridized carbons (Fsp3) is 0.435. The Labute approximate surface area is 172 Å². The molecule has 0 bridgehead atoms. The summed E-state index contributed by atoms with van der Waals surface area (Å²) in [5.74, 6) is 0.521. The van der Waals surface area contributed by atoms with Gasteiger partial charge in [-0.3, -0.25) is 4.99 Å². The van der Waals surface area contributed by atoms with Gasteiger partial charge in [0, 0.05) is 33.4 Å². The molecule has 3 rings (SSSR count). The van der Waals surface area contributed by atoms with E-state index in [1.165, 1.54) is 17.2 Å². The lowest BCUT2D eigenvalue weighted by Gasteiger charge is -2.22. The number of benzene rings is 2. The van der Waals surface area contributed by atoms with Crippen LogP contribution < -0.4 is 10.6 Å². The van der Waals surface area contributed by atoms with Gasteiger partial charge in [-0.1, -0.05) is 36.4 Å². The van der Waals surface area contributed by atoms with E-state index in [1.807, 2.05) is 6.07 Å². The third-order valence-electron chi connectivity index (χ3n) is 5.01. The van der Waals surface area contributed by atoms with Crippen molar-refractivity contribution in [1.82, 2.24) is 10.6 Å². The largest absolute Gasteiger partial charge is 0.381 e. The third-order valence-corrected chi connectivity index (χ3v) is 5.01. The lowest BCUT2D eigenvalue weighted by atomic mass is 10.1. The van der Waals surface area contributed by atoms with E-state index in [-0.39, 0.29) is 5.82 Å². The Bertz CT molecular complexity index is 820. The van der Waals surface area contributed by atoms with Gasteiger partial charge in [0.15, 0.2) is 5.96 Å². The van der Waals surface area contributed by atoms with Crippen molar-refractivity contribution in [2.75, 3.05) is 20.3 Å². The molecule has 0 atom stereocenters. The zero-order valence-electron chi connectivity index (χ0n) is 17.2. The van der Waals surface area contributed by atoms with E-state index >= 15 is 0 Å². The van der Waals surface area contributed by atoms with Gasteiger partial charge in [-0.05, 0) is 48.1 Å². The minimum atomic E-state index is -0.183. The molecule has 1 saturated heterocycles. The molecule has 6 heteroatoms. The van der Waals surface area contributed by atoms with Gasteiger partial charge in [0.05, 0.1) is 12.7 Å². The second-order valence-electron chi connectivity index (χ2n) is 7.31. The molecule has 156 valence electrons. The van der Waals surface area contributed by atoms with Gasteiger partial charge in [-0.15, -0.1) is 0 Å². The maximum Gasteiger partial charge on any atom is 0.191 e. The molecule has 0 unspecified atom stereocenters. The molecule has 1 aliphatic heterocycles. The average Bonchev–Trinajstić information content (AvgIpc) is 2.76. The van der Waals surface area contributed by atoms with Crippen LogP contribution in [0.3, 0.4) is 0 Å². The normalized spacial score (nSPS) is 15.3. The summed E-state index contributed by atoms with van der Waals surface area (Å²) in [5.41, 5.74) is 3.99. The summed E-state index contributed by atoms with van der Waals surface area (Å²) in [5, 5.41) is 6.59. The summed E-state index contributed by atoms with van der Waals surface area (Å²) in [7, 11) is 1.74. The molecular formula is C23H30FN3O2. The highest BCUT2D eigenvalue weighted by Crippen LogP contribution is 2.14. The summed E-state index contributed by atoms with van der Waals surface area (Å²) in [6, 6.07) is 13.5. The third kappa shape index (κ3) is 6.84. The number of hydrogen-bond acceptors (Lipinski definition) is 3. The monoisotopic (exact) mass is 399 g/mol. The SMILES string of the molecule is CN=C(NCc1cccc(COC2CCOCC2)c1)NCc1ccc(F)c(C)c1. The Hall–Kier alpha value is -2.44. The first-order valence-corrected chi connectivity index (χ1v) is 10.1. The van der Waals surface area contributed by atoms with Gasteiger partial charge in [0.2, 0.25) is 0 Å². The smallest absolute Gasteiger partial charge is 0.191 e. The standard InChI is InChI=1S/C23H30FN3O2/c1-17-12-19(6-7-22(17)24)15-27-23(25-2)26-14-18-4-3-5-20(13-18)16-29-21-8-10-28-11-9-21/h3-7,12-13,21H,8-11,14-16H2,1-2H3,(H2,25,26,27). The number of hydrogen-bond donors (Lipinski definition) is 2. The highest BCUT2D eigenvalue weighted by atomic mass is 19.1. The van der Waals surface area contributed by atoms with Crippen molar-refractivity contribution in [3.05, 3.63) is 70.5 Å². The molecule has 0 saturated carbocycles. The maximum absolute atomic E-state index is 13.4. The zero-order valence-corrected chi connectivity index (χ0v) is 17.2. The molecule has 5 nitrogen and oxygen atoms in total. The number of aryl methyl sites for hydroxylation is 1. The number of nitrogens with one attached hydrogen (secondary N) is 2. The lowest BCUT2D eigenvalue weighted by molar-refractivity contribution is -0.0390. The fourth-order valence-electron chi connectivity index (χ4n) is 3.30. The molecule has 0 spiro atoms. The fourth-order valence-corrected chi connectivity index (χ4v) is 3.30.